The van der Waals surface area contributed by atoms with E-state index in [1.807, 2.05) is 24.4 Å². The molecule has 5 nitrogen and oxygen atoms in total. The summed E-state index contributed by atoms with van der Waals surface area (Å²) in [5.74, 6) is 0.0991. The molecule has 2 rings (SSSR count). The van der Waals surface area contributed by atoms with Crippen molar-refractivity contribution in [2.45, 2.75) is 0 Å². The van der Waals surface area contributed by atoms with Crippen LogP contribution in [0.5, 0.6) is 0 Å². The maximum absolute atomic E-state index is 8.49. The van der Waals surface area contributed by atoms with Gasteiger partial charge in [-0.05, 0) is 30.3 Å². The smallest absolute Gasteiger partial charge is 0.170 e. The van der Waals surface area contributed by atoms with E-state index in [2.05, 4.69) is 10.3 Å². The minimum absolute atomic E-state index is 0.0991. The van der Waals surface area contributed by atoms with Crippen LogP contribution < -0.4 is 5.73 Å². The highest BCUT2D eigenvalue weighted by Crippen LogP contribution is 2.08. The quantitative estimate of drug-likeness (QED) is 0.329. The molecule has 2 aromatic rings. The average Bonchev–Trinajstić information content (AvgIpc) is 2.82. The van der Waals surface area contributed by atoms with Gasteiger partial charge in [-0.1, -0.05) is 5.16 Å². The van der Waals surface area contributed by atoms with Gasteiger partial charge in [0.1, 0.15) is 0 Å². The summed E-state index contributed by atoms with van der Waals surface area (Å²) >= 11 is 0. The topological polar surface area (TPSA) is 76.4 Å². The van der Waals surface area contributed by atoms with Crippen molar-refractivity contribution in [3.63, 3.8) is 0 Å². The Hall–Kier alpha value is -2.30. The van der Waals surface area contributed by atoms with Crippen LogP contribution in [0.4, 0.5) is 0 Å². The highest BCUT2D eigenvalue weighted by atomic mass is 16.4. The molecular formula is C10H10N4O. The van der Waals surface area contributed by atoms with Crippen molar-refractivity contribution in [3.05, 3.63) is 48.3 Å². The van der Waals surface area contributed by atoms with E-state index < -0.39 is 0 Å². The monoisotopic (exact) mass is 202 g/mol. The zero-order valence-electron chi connectivity index (χ0n) is 7.91. The third-order valence-corrected chi connectivity index (χ3v) is 2.04. The highest BCUT2D eigenvalue weighted by molar-refractivity contribution is 5.97. The normalized spacial score (nSPS) is 11.6. The van der Waals surface area contributed by atoms with Gasteiger partial charge in [0, 0.05) is 18.0 Å². The number of rotatable bonds is 2. The summed E-state index contributed by atoms with van der Waals surface area (Å²) in [7, 11) is 0. The molecule has 0 fully saturated rings. The Balaban J connectivity index is 2.33. The third-order valence-electron chi connectivity index (χ3n) is 2.04. The van der Waals surface area contributed by atoms with Gasteiger partial charge in [0.15, 0.2) is 5.84 Å². The van der Waals surface area contributed by atoms with Crippen LogP contribution in [0.25, 0.3) is 5.69 Å². The lowest BCUT2D eigenvalue weighted by Gasteiger charge is -2.02. The van der Waals surface area contributed by atoms with E-state index in [0.717, 1.165) is 5.69 Å². The van der Waals surface area contributed by atoms with Gasteiger partial charge in [-0.3, -0.25) is 0 Å². The van der Waals surface area contributed by atoms with Crippen LogP contribution in [0, 0.1) is 0 Å². The predicted octanol–water partition coefficient (Wildman–Crippen LogP) is 0.967. The summed E-state index contributed by atoms with van der Waals surface area (Å²) in [5.41, 5.74) is 7.04. The molecular weight excluding hydrogens is 192 g/mol. The van der Waals surface area contributed by atoms with Gasteiger partial charge in [0.05, 0.1) is 5.69 Å². The molecule has 76 valence electrons. The van der Waals surface area contributed by atoms with Gasteiger partial charge >= 0.3 is 0 Å². The zero-order valence-corrected chi connectivity index (χ0v) is 7.91. The Morgan fingerprint density at radius 2 is 2.07 bits per heavy atom. The molecule has 0 saturated carbocycles. The van der Waals surface area contributed by atoms with Crippen molar-refractivity contribution in [3.8, 4) is 5.69 Å². The second-order valence-corrected chi connectivity index (χ2v) is 2.98. The predicted molar refractivity (Wildman–Crippen MR) is 56.1 cm³/mol. The van der Waals surface area contributed by atoms with Crippen molar-refractivity contribution in [2.75, 3.05) is 0 Å². The Bertz CT molecular complexity index is 459. The lowest BCUT2D eigenvalue weighted by Crippen LogP contribution is -2.12. The second-order valence-electron chi connectivity index (χ2n) is 2.98. The summed E-state index contributed by atoms with van der Waals surface area (Å²) in [6.07, 6.45) is 3.55. The van der Waals surface area contributed by atoms with Crippen LogP contribution in [0.1, 0.15) is 5.56 Å². The molecule has 0 atom stereocenters. The SMILES string of the molecule is N/C(=N\O)c1ccc(-n2cccn2)cc1. The molecule has 0 saturated heterocycles. The summed E-state index contributed by atoms with van der Waals surface area (Å²) in [6, 6.07) is 9.08. The molecule has 0 unspecified atom stereocenters. The lowest BCUT2D eigenvalue weighted by atomic mass is 10.2. The number of benzene rings is 1. The van der Waals surface area contributed by atoms with Crippen LogP contribution in [0.15, 0.2) is 47.9 Å². The first kappa shape index (κ1) is 9.26. The maximum atomic E-state index is 8.49. The fourth-order valence-corrected chi connectivity index (χ4v) is 1.26. The minimum Gasteiger partial charge on any atom is -0.409 e. The van der Waals surface area contributed by atoms with E-state index >= 15 is 0 Å². The number of nitrogens with two attached hydrogens (primary N) is 1. The van der Waals surface area contributed by atoms with Gasteiger partial charge in [-0.15, -0.1) is 0 Å². The van der Waals surface area contributed by atoms with Crippen LogP contribution in [0.2, 0.25) is 0 Å². The fraction of sp³-hybridized carbons (Fsp3) is 0. The molecule has 0 bridgehead atoms. The summed E-state index contributed by atoms with van der Waals surface area (Å²) in [5, 5.41) is 15.5. The van der Waals surface area contributed by atoms with Crippen molar-refractivity contribution in [2.24, 2.45) is 10.9 Å². The van der Waals surface area contributed by atoms with Crippen LogP contribution in [-0.4, -0.2) is 20.8 Å². The van der Waals surface area contributed by atoms with Gasteiger partial charge in [-0.25, -0.2) is 4.68 Å². The molecule has 0 spiro atoms. The van der Waals surface area contributed by atoms with Crippen LogP contribution >= 0.6 is 0 Å². The number of oxime groups is 1. The van der Waals surface area contributed by atoms with Gasteiger partial charge in [0.25, 0.3) is 0 Å². The van der Waals surface area contributed by atoms with Gasteiger partial charge < -0.3 is 10.9 Å². The first-order valence-corrected chi connectivity index (χ1v) is 4.39. The molecule has 1 aromatic heterocycles. The first-order valence-electron chi connectivity index (χ1n) is 4.39. The third kappa shape index (κ3) is 1.80. The van der Waals surface area contributed by atoms with Crippen molar-refractivity contribution in [1.29, 1.82) is 0 Å². The molecule has 0 amide bonds. The Kier molecular flexibility index (Phi) is 2.37. The highest BCUT2D eigenvalue weighted by Gasteiger charge is 1.99. The summed E-state index contributed by atoms with van der Waals surface area (Å²) < 4.78 is 1.73. The van der Waals surface area contributed by atoms with Crippen molar-refractivity contribution < 1.29 is 5.21 Å². The zero-order chi connectivity index (χ0) is 10.7. The van der Waals surface area contributed by atoms with Crippen molar-refractivity contribution in [1.82, 2.24) is 9.78 Å². The largest absolute Gasteiger partial charge is 0.409 e. The average molecular weight is 202 g/mol. The van der Waals surface area contributed by atoms with Crippen LogP contribution in [0.3, 0.4) is 0 Å². The van der Waals surface area contributed by atoms with E-state index in [1.165, 1.54) is 0 Å². The number of hydrogen-bond acceptors (Lipinski definition) is 3. The Labute approximate surface area is 86.4 Å². The number of hydrogen-bond donors (Lipinski definition) is 2. The summed E-state index contributed by atoms with van der Waals surface area (Å²) in [6.45, 7) is 0. The molecule has 1 heterocycles. The molecule has 0 aliphatic carbocycles. The maximum Gasteiger partial charge on any atom is 0.170 e. The number of aromatic nitrogens is 2. The van der Waals surface area contributed by atoms with E-state index in [0.29, 0.717) is 5.56 Å². The minimum atomic E-state index is 0.0991. The second kappa shape index (κ2) is 3.83. The van der Waals surface area contributed by atoms with Crippen molar-refractivity contribution >= 4 is 5.84 Å². The standard InChI is InChI=1S/C10H10N4O/c11-10(13-15)8-2-4-9(5-3-8)14-7-1-6-12-14/h1-7,15H,(H2,11,13). The molecule has 15 heavy (non-hydrogen) atoms. The van der Waals surface area contributed by atoms with Crippen LogP contribution in [-0.2, 0) is 0 Å². The van der Waals surface area contributed by atoms with E-state index in [-0.39, 0.29) is 5.84 Å². The van der Waals surface area contributed by atoms with E-state index in [9.17, 15) is 0 Å². The molecule has 0 aliphatic heterocycles. The lowest BCUT2D eigenvalue weighted by molar-refractivity contribution is 0.318. The molecule has 1 aromatic carbocycles. The number of amidine groups is 1. The van der Waals surface area contributed by atoms with Gasteiger partial charge in [0.2, 0.25) is 0 Å². The summed E-state index contributed by atoms with van der Waals surface area (Å²) in [4.78, 5) is 0. The molecule has 3 N–H and O–H groups in total. The van der Waals surface area contributed by atoms with E-state index in [4.69, 9.17) is 10.9 Å². The Morgan fingerprint density at radius 1 is 1.33 bits per heavy atom. The molecule has 0 aliphatic rings. The molecule has 0 radical (unpaired) electrons. The number of nitrogens with zero attached hydrogens (tertiary/aromatic N) is 3. The Morgan fingerprint density at radius 3 is 2.60 bits per heavy atom. The fourth-order valence-electron chi connectivity index (χ4n) is 1.26. The van der Waals surface area contributed by atoms with Gasteiger partial charge in [-0.2, -0.15) is 5.10 Å². The van der Waals surface area contributed by atoms with E-state index in [1.54, 1.807) is 23.0 Å². The molecule has 5 heteroatoms. The first-order chi connectivity index (χ1) is 7.31.